The predicted octanol–water partition coefficient (Wildman–Crippen LogP) is 3.06. The molecule has 4 nitrogen and oxygen atoms in total. The van der Waals surface area contributed by atoms with Gasteiger partial charge >= 0.3 is 0 Å². The average molecular weight is 293 g/mol. The molecular formula is C17H27NO3. The summed E-state index contributed by atoms with van der Waals surface area (Å²) in [7, 11) is 0. The number of carbonyl (C=O) groups excluding carboxylic acids is 1. The fourth-order valence-corrected chi connectivity index (χ4v) is 1.95. The molecule has 0 heterocycles. The molecule has 21 heavy (non-hydrogen) atoms. The van der Waals surface area contributed by atoms with Crippen LogP contribution in [0.25, 0.3) is 0 Å². The van der Waals surface area contributed by atoms with Gasteiger partial charge in [0.2, 0.25) is 0 Å². The Labute approximate surface area is 127 Å². The van der Waals surface area contributed by atoms with Crippen molar-refractivity contribution in [3.05, 3.63) is 29.8 Å². The van der Waals surface area contributed by atoms with E-state index in [9.17, 15) is 9.90 Å². The molecule has 1 aromatic carbocycles. The second-order valence-electron chi connectivity index (χ2n) is 5.70. The fourth-order valence-electron chi connectivity index (χ4n) is 1.95. The van der Waals surface area contributed by atoms with Crippen molar-refractivity contribution >= 4 is 5.91 Å². The van der Waals surface area contributed by atoms with Gasteiger partial charge in [-0.1, -0.05) is 39.0 Å². The molecule has 1 unspecified atom stereocenters. The number of hydrogen-bond donors (Lipinski definition) is 2. The van der Waals surface area contributed by atoms with Gasteiger partial charge in [-0.05, 0) is 31.7 Å². The molecule has 1 rings (SSSR count). The SMILES string of the molecule is CC[C@H](O)c1ccccc1OC(C)C(=O)NCCC(C)C. The number of amides is 1. The van der Waals surface area contributed by atoms with E-state index in [2.05, 4.69) is 19.2 Å². The standard InChI is InChI=1S/C17H27NO3/c1-5-15(19)14-8-6-7-9-16(14)21-13(4)17(20)18-11-10-12(2)3/h6-9,12-13,15,19H,5,10-11H2,1-4H3,(H,18,20)/t13?,15-/m0/s1. The van der Waals surface area contributed by atoms with Gasteiger partial charge < -0.3 is 15.2 Å². The van der Waals surface area contributed by atoms with Gasteiger partial charge in [0.05, 0.1) is 6.10 Å². The number of para-hydroxylation sites is 1. The lowest BCUT2D eigenvalue weighted by Gasteiger charge is -2.19. The van der Waals surface area contributed by atoms with E-state index in [1.54, 1.807) is 13.0 Å². The normalized spacial score (nSPS) is 13.8. The van der Waals surface area contributed by atoms with Crippen LogP contribution in [-0.2, 0) is 4.79 Å². The van der Waals surface area contributed by atoms with Gasteiger partial charge in [0.15, 0.2) is 6.10 Å². The van der Waals surface area contributed by atoms with E-state index in [1.165, 1.54) is 0 Å². The second-order valence-corrected chi connectivity index (χ2v) is 5.70. The minimum Gasteiger partial charge on any atom is -0.481 e. The summed E-state index contributed by atoms with van der Waals surface area (Å²) >= 11 is 0. The molecule has 2 atom stereocenters. The Morgan fingerprint density at radius 3 is 2.57 bits per heavy atom. The third kappa shape index (κ3) is 5.76. The number of nitrogens with one attached hydrogen (secondary N) is 1. The molecule has 2 N–H and O–H groups in total. The van der Waals surface area contributed by atoms with Crippen molar-refractivity contribution in [2.24, 2.45) is 5.92 Å². The third-order valence-corrected chi connectivity index (χ3v) is 3.36. The first-order chi connectivity index (χ1) is 9.95. The Hall–Kier alpha value is -1.55. The minimum absolute atomic E-state index is 0.128. The van der Waals surface area contributed by atoms with Crippen LogP contribution in [0.3, 0.4) is 0 Å². The number of aliphatic hydroxyl groups is 1. The Morgan fingerprint density at radius 1 is 1.29 bits per heavy atom. The van der Waals surface area contributed by atoms with Gasteiger partial charge in [-0.15, -0.1) is 0 Å². The summed E-state index contributed by atoms with van der Waals surface area (Å²) in [6, 6.07) is 7.30. The first kappa shape index (κ1) is 17.5. The molecule has 4 heteroatoms. The first-order valence-corrected chi connectivity index (χ1v) is 7.67. The number of benzene rings is 1. The summed E-state index contributed by atoms with van der Waals surface area (Å²) in [5.41, 5.74) is 0.724. The van der Waals surface area contributed by atoms with Crippen molar-refractivity contribution in [1.29, 1.82) is 0 Å². The fraction of sp³-hybridized carbons (Fsp3) is 0.588. The van der Waals surface area contributed by atoms with Crippen molar-refractivity contribution in [2.75, 3.05) is 6.54 Å². The summed E-state index contributed by atoms with van der Waals surface area (Å²) < 4.78 is 5.72. The lowest BCUT2D eigenvalue weighted by molar-refractivity contribution is -0.127. The highest BCUT2D eigenvalue weighted by Gasteiger charge is 2.18. The van der Waals surface area contributed by atoms with Crippen molar-refractivity contribution < 1.29 is 14.6 Å². The first-order valence-electron chi connectivity index (χ1n) is 7.67. The highest BCUT2D eigenvalue weighted by molar-refractivity contribution is 5.80. The molecule has 1 amide bonds. The summed E-state index contributed by atoms with van der Waals surface area (Å²) in [6.07, 6.45) is 0.402. The Kier molecular flexibility index (Phi) is 7.23. The van der Waals surface area contributed by atoms with Crippen LogP contribution in [-0.4, -0.2) is 23.7 Å². The maximum atomic E-state index is 12.0. The molecule has 0 fully saturated rings. The van der Waals surface area contributed by atoms with Crippen LogP contribution in [0, 0.1) is 5.92 Å². The summed E-state index contributed by atoms with van der Waals surface area (Å²) in [5.74, 6) is 0.997. The van der Waals surface area contributed by atoms with Crippen molar-refractivity contribution in [1.82, 2.24) is 5.32 Å². The van der Waals surface area contributed by atoms with Gasteiger partial charge in [-0.3, -0.25) is 4.79 Å². The molecule has 0 spiro atoms. The molecule has 0 saturated carbocycles. The van der Waals surface area contributed by atoms with E-state index < -0.39 is 12.2 Å². The van der Waals surface area contributed by atoms with Gasteiger partial charge in [-0.2, -0.15) is 0 Å². The molecular weight excluding hydrogens is 266 g/mol. The molecule has 0 aliphatic heterocycles. The predicted molar refractivity (Wildman–Crippen MR) is 84.2 cm³/mol. The largest absolute Gasteiger partial charge is 0.481 e. The van der Waals surface area contributed by atoms with E-state index >= 15 is 0 Å². The van der Waals surface area contributed by atoms with Crippen LogP contribution in [0.2, 0.25) is 0 Å². The smallest absolute Gasteiger partial charge is 0.260 e. The van der Waals surface area contributed by atoms with Crippen molar-refractivity contribution in [2.45, 2.75) is 52.7 Å². The number of aliphatic hydroxyl groups excluding tert-OH is 1. The van der Waals surface area contributed by atoms with Crippen LogP contribution in [0.15, 0.2) is 24.3 Å². The maximum absolute atomic E-state index is 12.0. The van der Waals surface area contributed by atoms with E-state index in [1.807, 2.05) is 25.1 Å². The van der Waals surface area contributed by atoms with E-state index in [-0.39, 0.29) is 5.91 Å². The van der Waals surface area contributed by atoms with Crippen molar-refractivity contribution in [3.8, 4) is 5.75 Å². The summed E-state index contributed by atoms with van der Waals surface area (Å²) in [5, 5.41) is 12.9. The van der Waals surface area contributed by atoms with Crippen LogP contribution < -0.4 is 10.1 Å². The number of hydrogen-bond acceptors (Lipinski definition) is 3. The lowest BCUT2D eigenvalue weighted by Crippen LogP contribution is -2.37. The molecule has 0 aromatic heterocycles. The van der Waals surface area contributed by atoms with Crippen LogP contribution >= 0.6 is 0 Å². The van der Waals surface area contributed by atoms with E-state index in [4.69, 9.17) is 4.74 Å². The quantitative estimate of drug-likeness (QED) is 0.774. The van der Waals surface area contributed by atoms with Crippen molar-refractivity contribution in [3.63, 3.8) is 0 Å². The Morgan fingerprint density at radius 2 is 1.95 bits per heavy atom. The zero-order valence-corrected chi connectivity index (χ0v) is 13.4. The number of ether oxygens (including phenoxy) is 1. The lowest BCUT2D eigenvalue weighted by atomic mass is 10.1. The van der Waals surface area contributed by atoms with E-state index in [0.717, 1.165) is 12.0 Å². The summed E-state index contributed by atoms with van der Waals surface area (Å²) in [4.78, 5) is 12.0. The maximum Gasteiger partial charge on any atom is 0.260 e. The second kappa shape index (κ2) is 8.67. The Balaban J connectivity index is 2.62. The topological polar surface area (TPSA) is 58.6 Å². The molecule has 118 valence electrons. The van der Waals surface area contributed by atoms with Gasteiger partial charge in [0.25, 0.3) is 5.91 Å². The molecule has 0 radical (unpaired) electrons. The van der Waals surface area contributed by atoms with Gasteiger partial charge in [0.1, 0.15) is 5.75 Å². The monoisotopic (exact) mass is 293 g/mol. The van der Waals surface area contributed by atoms with Crippen LogP contribution in [0.4, 0.5) is 0 Å². The summed E-state index contributed by atoms with van der Waals surface area (Å²) in [6.45, 7) is 8.52. The number of rotatable bonds is 8. The molecule has 1 aromatic rings. The zero-order valence-electron chi connectivity index (χ0n) is 13.4. The van der Waals surface area contributed by atoms with Gasteiger partial charge in [-0.25, -0.2) is 0 Å². The highest BCUT2D eigenvalue weighted by Crippen LogP contribution is 2.27. The highest BCUT2D eigenvalue weighted by atomic mass is 16.5. The van der Waals surface area contributed by atoms with Crippen LogP contribution in [0.1, 0.15) is 52.2 Å². The zero-order chi connectivity index (χ0) is 15.8. The Bertz CT molecular complexity index is 445. The van der Waals surface area contributed by atoms with Gasteiger partial charge in [0, 0.05) is 12.1 Å². The average Bonchev–Trinajstić information content (AvgIpc) is 2.46. The minimum atomic E-state index is -0.581. The molecule has 0 saturated heterocycles. The number of carbonyl (C=O) groups is 1. The molecule has 0 aliphatic carbocycles. The van der Waals surface area contributed by atoms with Crippen LogP contribution in [0.5, 0.6) is 5.75 Å². The third-order valence-electron chi connectivity index (χ3n) is 3.36. The molecule has 0 bridgehead atoms. The molecule has 0 aliphatic rings. The van der Waals surface area contributed by atoms with E-state index in [0.29, 0.717) is 24.6 Å².